The molecule has 0 amide bonds. The Morgan fingerprint density at radius 2 is 0.676 bits per heavy atom. The molecule has 11 nitrogen and oxygen atoms in total. The molecule has 0 aliphatic rings. The number of phosphoric ester groups is 1. The maximum Gasteiger partial charge on any atom is 0.472 e. The molecule has 0 fully saturated rings. The van der Waals surface area contributed by atoms with E-state index in [1.54, 1.807) is 0 Å². The summed E-state index contributed by atoms with van der Waals surface area (Å²) in [6.45, 7) is 4.09. The second-order valence-corrected chi connectivity index (χ2v) is 18.7. The Balaban J connectivity index is 4.92. The van der Waals surface area contributed by atoms with Gasteiger partial charge in [-0.05, 0) is 128 Å². The zero-order chi connectivity index (χ0) is 54.1. The number of carbonyl (C=O) groups excluding carboxylic acids is 3. The summed E-state index contributed by atoms with van der Waals surface area (Å²) in [5, 5.41) is 9.80. The molecule has 414 valence electrons. The number of ether oxygens (including phenoxy) is 3. The summed E-state index contributed by atoms with van der Waals surface area (Å²) in [6.07, 6.45) is 70.8. The van der Waals surface area contributed by atoms with Gasteiger partial charge in [0.2, 0.25) is 0 Å². The van der Waals surface area contributed by atoms with Crippen molar-refractivity contribution in [3.05, 3.63) is 158 Å². The minimum absolute atomic E-state index is 0.0684. The van der Waals surface area contributed by atoms with Crippen molar-refractivity contribution in [2.24, 2.45) is 0 Å². The number of hydrogen-bond donors (Lipinski definition) is 2. The van der Waals surface area contributed by atoms with Crippen LogP contribution in [0.15, 0.2) is 158 Å². The number of allylic oxidation sites excluding steroid dienone is 26. The summed E-state index contributed by atoms with van der Waals surface area (Å²) in [6, 6.07) is 0. The van der Waals surface area contributed by atoms with E-state index in [4.69, 9.17) is 23.3 Å². The molecule has 3 atom stereocenters. The Morgan fingerprint density at radius 3 is 1.03 bits per heavy atom. The monoisotopic (exact) mass is 1050 g/mol. The molecule has 0 aromatic carbocycles. The fourth-order valence-electron chi connectivity index (χ4n) is 6.38. The molecule has 0 radical (unpaired) electrons. The highest BCUT2D eigenvalue weighted by Gasteiger charge is 2.28. The van der Waals surface area contributed by atoms with Crippen LogP contribution in [0, 0.1) is 0 Å². The molecule has 2 N–H and O–H groups in total. The molecule has 0 bridgehead atoms. The zero-order valence-electron chi connectivity index (χ0n) is 45.5. The van der Waals surface area contributed by atoms with Crippen molar-refractivity contribution in [2.75, 3.05) is 26.4 Å². The van der Waals surface area contributed by atoms with Crippen molar-refractivity contribution in [3.8, 4) is 0 Å². The molecule has 0 aliphatic heterocycles. The second kappa shape index (κ2) is 54.4. The maximum absolute atomic E-state index is 12.9. The normalized spacial score (nSPS) is 14.6. The predicted octanol–water partition coefficient (Wildman–Crippen LogP) is 16.1. The first-order chi connectivity index (χ1) is 36.2. The number of hydrogen-bond acceptors (Lipinski definition) is 10. The van der Waals surface area contributed by atoms with Gasteiger partial charge in [-0.25, -0.2) is 4.57 Å². The fraction of sp³-hybridized carbons (Fsp3) is 0.532. The molecule has 3 unspecified atom stereocenters. The van der Waals surface area contributed by atoms with Gasteiger partial charge in [-0.15, -0.1) is 0 Å². The number of esters is 3. The summed E-state index contributed by atoms with van der Waals surface area (Å²) in [5.74, 6) is -1.66. The van der Waals surface area contributed by atoms with Crippen LogP contribution in [0.4, 0.5) is 0 Å². The van der Waals surface area contributed by atoms with E-state index in [0.717, 1.165) is 103 Å². The molecule has 0 saturated heterocycles. The van der Waals surface area contributed by atoms with Crippen molar-refractivity contribution in [2.45, 2.75) is 187 Å². The molecule has 0 rings (SSSR count). The van der Waals surface area contributed by atoms with Crippen LogP contribution in [0.5, 0.6) is 0 Å². The van der Waals surface area contributed by atoms with Gasteiger partial charge in [-0.1, -0.05) is 185 Å². The van der Waals surface area contributed by atoms with Gasteiger partial charge in [-0.2, -0.15) is 0 Å². The molecule has 0 aromatic heterocycles. The van der Waals surface area contributed by atoms with E-state index >= 15 is 0 Å². The van der Waals surface area contributed by atoms with Crippen LogP contribution in [0.2, 0.25) is 0 Å². The van der Waals surface area contributed by atoms with Crippen molar-refractivity contribution < 1.29 is 52.2 Å². The van der Waals surface area contributed by atoms with Gasteiger partial charge in [-0.3, -0.25) is 23.4 Å². The molecule has 74 heavy (non-hydrogen) atoms. The average Bonchev–Trinajstić information content (AvgIpc) is 3.39. The Labute approximate surface area is 447 Å². The number of carbonyl (C=O) groups is 3. The van der Waals surface area contributed by atoms with Crippen LogP contribution in [-0.2, 0) is 42.2 Å². The SMILES string of the molecule is CC/C=C\C/C=C\C/C=C\C/C=C\C/C=C\CCCC(=O)OC(CO)COP(=O)(O)OCC(COC(=O)CCCCC/C=C\C/C=C\C/C=C\CC)OC(=O)CCC/C=C\C/C=C\C/C=C\C/C=C\C/C=C\CC. The molecule has 0 heterocycles. The molecule has 0 aromatic rings. The maximum atomic E-state index is 12.9. The first kappa shape index (κ1) is 69.1. The van der Waals surface area contributed by atoms with Crippen LogP contribution in [-0.4, -0.2) is 66.5 Å². The van der Waals surface area contributed by atoms with Crippen molar-refractivity contribution in [1.82, 2.24) is 0 Å². The van der Waals surface area contributed by atoms with E-state index in [-0.39, 0.29) is 25.9 Å². The van der Waals surface area contributed by atoms with Gasteiger partial charge in [0.1, 0.15) is 12.7 Å². The molecule has 0 saturated carbocycles. The minimum atomic E-state index is -4.80. The number of phosphoric acid groups is 1. The second-order valence-electron chi connectivity index (χ2n) is 17.2. The van der Waals surface area contributed by atoms with Crippen LogP contribution in [0.25, 0.3) is 0 Å². The molecular formula is C62H95O11P. The first-order valence-corrected chi connectivity index (χ1v) is 28.9. The highest BCUT2D eigenvalue weighted by molar-refractivity contribution is 7.47. The Morgan fingerprint density at radius 1 is 0.378 bits per heavy atom. The van der Waals surface area contributed by atoms with Crippen molar-refractivity contribution in [3.63, 3.8) is 0 Å². The van der Waals surface area contributed by atoms with Crippen LogP contribution >= 0.6 is 7.82 Å². The summed E-state index contributed by atoms with van der Waals surface area (Å²) in [7, 11) is -4.80. The van der Waals surface area contributed by atoms with Gasteiger partial charge in [0, 0.05) is 19.3 Å². The van der Waals surface area contributed by atoms with E-state index in [0.29, 0.717) is 32.1 Å². The highest BCUT2D eigenvalue weighted by atomic mass is 31.2. The third-order valence-corrected chi connectivity index (χ3v) is 11.4. The molecule has 0 aliphatic carbocycles. The summed E-state index contributed by atoms with van der Waals surface area (Å²) in [5.41, 5.74) is 0. The van der Waals surface area contributed by atoms with E-state index in [9.17, 15) is 28.9 Å². The van der Waals surface area contributed by atoms with E-state index in [2.05, 4.69) is 154 Å². The van der Waals surface area contributed by atoms with Gasteiger partial charge in [0.15, 0.2) is 6.10 Å². The first-order valence-electron chi connectivity index (χ1n) is 27.4. The van der Waals surface area contributed by atoms with Gasteiger partial charge < -0.3 is 24.2 Å². The van der Waals surface area contributed by atoms with Crippen molar-refractivity contribution >= 4 is 25.7 Å². The number of aliphatic hydroxyl groups is 1. The summed E-state index contributed by atoms with van der Waals surface area (Å²) < 4.78 is 39.3. The van der Waals surface area contributed by atoms with Crippen molar-refractivity contribution in [1.29, 1.82) is 0 Å². The van der Waals surface area contributed by atoms with E-state index < -0.39 is 57.8 Å². The molecule has 0 spiro atoms. The summed E-state index contributed by atoms with van der Waals surface area (Å²) in [4.78, 5) is 48.4. The highest BCUT2D eigenvalue weighted by Crippen LogP contribution is 2.43. The zero-order valence-corrected chi connectivity index (χ0v) is 46.4. The third-order valence-electron chi connectivity index (χ3n) is 10.4. The molecule has 12 heteroatoms. The van der Waals surface area contributed by atoms with Gasteiger partial charge in [0.05, 0.1) is 19.8 Å². The Bertz CT molecular complexity index is 1840. The number of unbranched alkanes of at least 4 members (excludes halogenated alkanes) is 5. The lowest BCUT2D eigenvalue weighted by Crippen LogP contribution is -2.30. The fourth-order valence-corrected chi connectivity index (χ4v) is 7.16. The standard InChI is InChI=1S/C62H95O11P/c1-4-7-10-13-16-19-22-25-27-29-31-34-37-40-43-46-49-52-61(65)72-58(54-63)56-70-74(67,68)71-57-59(55-69-60(64)51-48-45-42-39-36-33-24-21-18-15-12-9-6-3)73-62(66)53-50-47-44-41-38-35-32-30-28-26-23-20-17-14-11-8-5-2/h7-12,16-21,25-28,31-36,40-41,43-44,58-59,63H,4-6,13-15,22-24,29-30,37-39,42,45-57H2,1-3H3,(H,67,68)/b10-7-,11-8-,12-9-,19-16-,20-17-,21-18-,27-25-,28-26-,34-31-,35-32-,36-33-,43-40-,44-41-. The topological polar surface area (TPSA) is 155 Å². The predicted molar refractivity (Wildman–Crippen MR) is 306 cm³/mol. The largest absolute Gasteiger partial charge is 0.472 e. The Kier molecular flexibility index (Phi) is 50.8. The third kappa shape index (κ3) is 52.0. The van der Waals surface area contributed by atoms with Crippen LogP contribution in [0.1, 0.15) is 175 Å². The lowest BCUT2D eigenvalue weighted by molar-refractivity contribution is -0.161. The quantitative estimate of drug-likeness (QED) is 0.0197. The lowest BCUT2D eigenvalue weighted by Gasteiger charge is -2.21. The van der Waals surface area contributed by atoms with Crippen LogP contribution < -0.4 is 0 Å². The van der Waals surface area contributed by atoms with E-state index in [1.807, 2.05) is 24.3 Å². The Hall–Kier alpha value is -4.90. The van der Waals surface area contributed by atoms with Crippen LogP contribution in [0.3, 0.4) is 0 Å². The lowest BCUT2D eigenvalue weighted by atomic mass is 10.1. The number of rotatable bonds is 48. The average molecular weight is 1050 g/mol. The van der Waals surface area contributed by atoms with Gasteiger partial charge in [0.25, 0.3) is 0 Å². The molecular weight excluding hydrogens is 952 g/mol. The van der Waals surface area contributed by atoms with E-state index in [1.165, 1.54) is 0 Å². The minimum Gasteiger partial charge on any atom is -0.462 e. The van der Waals surface area contributed by atoms with Gasteiger partial charge >= 0.3 is 25.7 Å². The smallest absolute Gasteiger partial charge is 0.462 e. The number of aliphatic hydroxyl groups excluding tert-OH is 1. The summed E-state index contributed by atoms with van der Waals surface area (Å²) >= 11 is 0.